The van der Waals surface area contributed by atoms with Crippen LogP contribution in [0, 0.1) is 11.6 Å². The molecule has 1 unspecified atom stereocenters. The standard InChI is InChI=1S/C20H20F5N3O5S/c1-34(30,31)16-9-12(21)15(8-13(16)22)32-14-4-7-28(18(14)29)11-2-5-27(6-3-11)17-10-26-19(33-17)20(23,24)25/h8-11,14H,2-7H2,1H3. The van der Waals surface area contributed by atoms with Gasteiger partial charge >= 0.3 is 12.1 Å². The molecule has 2 aliphatic heterocycles. The van der Waals surface area contributed by atoms with Crippen molar-refractivity contribution in [2.24, 2.45) is 0 Å². The van der Waals surface area contributed by atoms with Gasteiger partial charge in [-0.25, -0.2) is 22.2 Å². The zero-order valence-electron chi connectivity index (χ0n) is 17.8. The third kappa shape index (κ3) is 4.81. The number of ether oxygens (including phenoxy) is 1. The van der Waals surface area contributed by atoms with Crippen LogP contribution in [0.5, 0.6) is 5.75 Å². The fraction of sp³-hybridized carbons (Fsp3) is 0.500. The lowest BCUT2D eigenvalue weighted by Gasteiger charge is -2.36. The van der Waals surface area contributed by atoms with Crippen LogP contribution in [0.15, 0.2) is 27.6 Å². The number of oxazole rings is 1. The third-order valence-corrected chi connectivity index (χ3v) is 6.91. The number of nitrogens with zero attached hydrogens (tertiary/aromatic N) is 3. The van der Waals surface area contributed by atoms with Crippen LogP contribution in [0.25, 0.3) is 0 Å². The number of hydrogen-bond acceptors (Lipinski definition) is 7. The van der Waals surface area contributed by atoms with E-state index in [0.717, 1.165) is 12.5 Å². The van der Waals surface area contributed by atoms with E-state index in [1.807, 2.05) is 0 Å². The molecule has 2 saturated heterocycles. The van der Waals surface area contributed by atoms with Gasteiger partial charge in [0.2, 0.25) is 5.88 Å². The molecule has 0 spiro atoms. The van der Waals surface area contributed by atoms with Crippen molar-refractivity contribution in [2.75, 3.05) is 30.8 Å². The van der Waals surface area contributed by atoms with Crippen LogP contribution in [0.3, 0.4) is 0 Å². The van der Waals surface area contributed by atoms with Gasteiger partial charge in [-0.3, -0.25) is 4.79 Å². The summed E-state index contributed by atoms with van der Waals surface area (Å²) < 4.78 is 99.7. The number of carbonyl (C=O) groups excluding carboxylic acids is 1. The number of aromatic nitrogens is 1. The van der Waals surface area contributed by atoms with Crippen molar-refractivity contribution in [1.82, 2.24) is 9.88 Å². The van der Waals surface area contributed by atoms with Crippen molar-refractivity contribution in [1.29, 1.82) is 0 Å². The number of amides is 1. The summed E-state index contributed by atoms with van der Waals surface area (Å²) in [5.41, 5.74) is 0. The second-order valence-corrected chi connectivity index (χ2v) is 10.1. The van der Waals surface area contributed by atoms with Crippen molar-refractivity contribution in [3.63, 3.8) is 0 Å². The van der Waals surface area contributed by atoms with Gasteiger partial charge in [0.05, 0.1) is 6.20 Å². The highest BCUT2D eigenvalue weighted by Crippen LogP contribution is 2.33. The molecule has 4 rings (SSSR count). The van der Waals surface area contributed by atoms with E-state index in [1.54, 1.807) is 9.80 Å². The third-order valence-electron chi connectivity index (χ3n) is 5.80. The van der Waals surface area contributed by atoms with Crippen LogP contribution < -0.4 is 9.64 Å². The first-order valence-electron chi connectivity index (χ1n) is 10.3. The Labute approximate surface area is 191 Å². The molecule has 1 amide bonds. The average Bonchev–Trinajstić information content (AvgIpc) is 3.38. The number of piperidine rings is 1. The molecule has 8 nitrogen and oxygen atoms in total. The maximum absolute atomic E-state index is 14.3. The Bertz CT molecular complexity index is 1190. The lowest BCUT2D eigenvalue weighted by molar-refractivity contribution is -0.156. The molecule has 0 N–H and O–H groups in total. The smallest absolute Gasteiger partial charge is 0.469 e. The molecule has 3 heterocycles. The van der Waals surface area contributed by atoms with Gasteiger partial charge in [-0.1, -0.05) is 0 Å². The fourth-order valence-corrected chi connectivity index (χ4v) is 4.86. The van der Waals surface area contributed by atoms with Gasteiger partial charge in [-0.15, -0.1) is 0 Å². The number of benzene rings is 1. The molecular weight excluding hydrogens is 489 g/mol. The molecule has 0 bridgehead atoms. The minimum absolute atomic E-state index is 0.00484. The van der Waals surface area contributed by atoms with Crippen LogP contribution >= 0.6 is 0 Å². The Hall–Kier alpha value is -2.90. The number of sulfone groups is 1. The van der Waals surface area contributed by atoms with Gasteiger partial charge in [-0.2, -0.15) is 13.2 Å². The summed E-state index contributed by atoms with van der Waals surface area (Å²) in [7, 11) is -3.98. The number of halogens is 5. The highest BCUT2D eigenvalue weighted by molar-refractivity contribution is 7.90. The molecule has 1 aromatic carbocycles. The first-order chi connectivity index (χ1) is 15.8. The highest BCUT2D eigenvalue weighted by atomic mass is 32.2. The summed E-state index contributed by atoms with van der Waals surface area (Å²) in [5.74, 6) is -4.61. The molecule has 2 aromatic rings. The molecule has 1 atom stereocenters. The first-order valence-corrected chi connectivity index (χ1v) is 12.2. The van der Waals surface area contributed by atoms with E-state index in [2.05, 4.69) is 4.98 Å². The van der Waals surface area contributed by atoms with Gasteiger partial charge in [0.1, 0.15) is 10.7 Å². The quantitative estimate of drug-likeness (QED) is 0.572. The van der Waals surface area contributed by atoms with E-state index >= 15 is 0 Å². The van der Waals surface area contributed by atoms with E-state index in [0.29, 0.717) is 44.6 Å². The monoisotopic (exact) mass is 509 g/mol. The second-order valence-electron chi connectivity index (χ2n) is 8.13. The summed E-state index contributed by atoms with van der Waals surface area (Å²) in [6, 6.07) is 0.907. The van der Waals surface area contributed by atoms with Gasteiger partial charge in [0, 0.05) is 44.4 Å². The summed E-state index contributed by atoms with van der Waals surface area (Å²) in [4.78, 5) is 18.4. The number of rotatable bonds is 5. The van der Waals surface area contributed by atoms with E-state index in [4.69, 9.17) is 9.15 Å². The predicted octanol–water partition coefficient (Wildman–Crippen LogP) is 3.02. The van der Waals surface area contributed by atoms with Crippen LogP contribution in [0.1, 0.15) is 25.2 Å². The molecule has 14 heteroatoms. The van der Waals surface area contributed by atoms with Crippen LogP contribution in [-0.4, -0.2) is 62.2 Å². The summed E-state index contributed by atoms with van der Waals surface area (Å²) in [5, 5.41) is 0. The fourth-order valence-electron chi connectivity index (χ4n) is 4.13. The van der Waals surface area contributed by atoms with Crippen molar-refractivity contribution in [3.8, 4) is 5.75 Å². The molecule has 2 aliphatic rings. The summed E-state index contributed by atoms with van der Waals surface area (Å²) in [6.07, 6.45) is -2.88. The van der Waals surface area contributed by atoms with E-state index in [9.17, 15) is 35.2 Å². The number of anilines is 1. The van der Waals surface area contributed by atoms with Crippen LogP contribution in [0.2, 0.25) is 0 Å². The Kier molecular flexibility index (Phi) is 6.21. The number of hydrogen-bond donors (Lipinski definition) is 0. The lowest BCUT2D eigenvalue weighted by Crippen LogP contribution is -2.47. The zero-order valence-corrected chi connectivity index (χ0v) is 18.6. The predicted molar refractivity (Wildman–Crippen MR) is 107 cm³/mol. The Morgan fingerprint density at radius 2 is 1.76 bits per heavy atom. The maximum atomic E-state index is 14.3. The van der Waals surface area contributed by atoms with Gasteiger partial charge in [0.15, 0.2) is 27.5 Å². The Morgan fingerprint density at radius 1 is 1.09 bits per heavy atom. The van der Waals surface area contributed by atoms with E-state index in [-0.39, 0.29) is 18.3 Å². The molecule has 0 radical (unpaired) electrons. The number of alkyl halides is 3. The number of carbonyl (C=O) groups is 1. The van der Waals surface area contributed by atoms with Gasteiger partial charge < -0.3 is 19.0 Å². The Morgan fingerprint density at radius 3 is 2.35 bits per heavy atom. The van der Waals surface area contributed by atoms with Crippen molar-refractivity contribution in [2.45, 2.75) is 42.5 Å². The SMILES string of the molecule is CS(=O)(=O)c1cc(F)c(OC2CCN(C3CCN(c4cnc(C(F)(F)F)o4)CC3)C2=O)cc1F. The molecule has 186 valence electrons. The van der Waals surface area contributed by atoms with Gasteiger partial charge in [-0.05, 0) is 18.9 Å². The molecule has 0 saturated carbocycles. The average molecular weight is 509 g/mol. The molecule has 2 fully saturated rings. The van der Waals surface area contributed by atoms with Crippen molar-refractivity contribution in [3.05, 3.63) is 35.9 Å². The molecule has 1 aromatic heterocycles. The summed E-state index contributed by atoms with van der Waals surface area (Å²) >= 11 is 0. The minimum atomic E-state index is -4.68. The molecular formula is C20H20F5N3O5S. The molecule has 34 heavy (non-hydrogen) atoms. The first kappa shape index (κ1) is 24.2. The number of likely N-dealkylation sites (tertiary alicyclic amines) is 1. The van der Waals surface area contributed by atoms with E-state index < -0.39 is 56.2 Å². The lowest BCUT2D eigenvalue weighted by atomic mass is 10.0. The molecule has 0 aliphatic carbocycles. The largest absolute Gasteiger partial charge is 0.477 e. The van der Waals surface area contributed by atoms with Crippen molar-refractivity contribution < 1.29 is 44.3 Å². The minimum Gasteiger partial charge on any atom is -0.477 e. The maximum Gasteiger partial charge on any atom is 0.469 e. The second kappa shape index (κ2) is 8.71. The normalized spacial score (nSPS) is 20.3. The van der Waals surface area contributed by atoms with Crippen LogP contribution in [-0.2, 0) is 20.8 Å². The van der Waals surface area contributed by atoms with Crippen LogP contribution in [0.4, 0.5) is 27.8 Å². The topological polar surface area (TPSA) is 93.0 Å². The van der Waals surface area contributed by atoms with Crippen molar-refractivity contribution >= 4 is 21.6 Å². The highest BCUT2D eigenvalue weighted by Gasteiger charge is 2.40. The van der Waals surface area contributed by atoms with E-state index in [1.165, 1.54) is 0 Å². The zero-order chi connectivity index (χ0) is 24.8. The Balaban J connectivity index is 1.37. The van der Waals surface area contributed by atoms with Gasteiger partial charge in [0.25, 0.3) is 5.91 Å². The summed E-state index contributed by atoms with van der Waals surface area (Å²) in [6.45, 7) is 0.971.